The van der Waals surface area contributed by atoms with E-state index in [2.05, 4.69) is 10.4 Å². The lowest BCUT2D eigenvalue weighted by atomic mass is 10.1. The lowest BCUT2D eigenvalue weighted by molar-refractivity contribution is 0.0953. The SMILES string of the molecule is COc1ccc(N)c(C(=O)NCCCn2cccn2)c1. The highest BCUT2D eigenvalue weighted by Crippen LogP contribution is 2.19. The first-order valence-electron chi connectivity index (χ1n) is 6.40. The van der Waals surface area contributed by atoms with Gasteiger partial charge in [-0.05, 0) is 30.7 Å². The summed E-state index contributed by atoms with van der Waals surface area (Å²) in [4.78, 5) is 12.0. The fourth-order valence-electron chi connectivity index (χ4n) is 1.83. The Morgan fingerprint density at radius 1 is 1.50 bits per heavy atom. The van der Waals surface area contributed by atoms with Crippen molar-refractivity contribution in [1.82, 2.24) is 15.1 Å². The summed E-state index contributed by atoms with van der Waals surface area (Å²) in [7, 11) is 1.55. The molecule has 1 amide bonds. The molecule has 2 aromatic rings. The van der Waals surface area contributed by atoms with E-state index in [0.717, 1.165) is 13.0 Å². The minimum Gasteiger partial charge on any atom is -0.497 e. The summed E-state index contributed by atoms with van der Waals surface area (Å²) >= 11 is 0. The van der Waals surface area contributed by atoms with Gasteiger partial charge in [0.25, 0.3) is 5.91 Å². The Kier molecular flexibility index (Phi) is 4.60. The van der Waals surface area contributed by atoms with Crippen molar-refractivity contribution in [2.24, 2.45) is 0 Å². The van der Waals surface area contributed by atoms with E-state index in [1.807, 2.05) is 16.9 Å². The van der Waals surface area contributed by atoms with Gasteiger partial charge in [-0.15, -0.1) is 0 Å². The summed E-state index contributed by atoms with van der Waals surface area (Å²) in [6.07, 6.45) is 4.43. The van der Waals surface area contributed by atoms with Crippen molar-refractivity contribution in [3.8, 4) is 5.75 Å². The van der Waals surface area contributed by atoms with Crippen molar-refractivity contribution in [2.75, 3.05) is 19.4 Å². The molecule has 20 heavy (non-hydrogen) atoms. The van der Waals surface area contributed by atoms with Crippen LogP contribution in [0.5, 0.6) is 5.75 Å². The van der Waals surface area contributed by atoms with Crippen molar-refractivity contribution in [3.63, 3.8) is 0 Å². The topological polar surface area (TPSA) is 82.2 Å². The molecule has 1 aromatic heterocycles. The lowest BCUT2D eigenvalue weighted by Gasteiger charge is -2.09. The van der Waals surface area contributed by atoms with Crippen LogP contribution in [0.2, 0.25) is 0 Å². The van der Waals surface area contributed by atoms with Gasteiger partial charge in [-0.3, -0.25) is 9.48 Å². The van der Waals surface area contributed by atoms with E-state index in [0.29, 0.717) is 23.5 Å². The Morgan fingerprint density at radius 3 is 3.05 bits per heavy atom. The number of aromatic nitrogens is 2. The minimum absolute atomic E-state index is 0.193. The van der Waals surface area contributed by atoms with Gasteiger partial charge in [-0.1, -0.05) is 0 Å². The second kappa shape index (κ2) is 6.60. The molecule has 0 fully saturated rings. The number of benzene rings is 1. The molecule has 2 rings (SSSR count). The number of carbonyl (C=O) groups is 1. The molecule has 106 valence electrons. The standard InChI is InChI=1S/C14H18N4O2/c1-20-11-4-5-13(15)12(10-11)14(19)16-6-2-8-18-9-3-7-17-18/h3-5,7,9-10H,2,6,8,15H2,1H3,(H,16,19). The molecule has 0 aliphatic carbocycles. The number of hydrogen-bond donors (Lipinski definition) is 2. The monoisotopic (exact) mass is 274 g/mol. The molecular formula is C14H18N4O2. The number of carbonyl (C=O) groups excluding carboxylic acids is 1. The van der Waals surface area contributed by atoms with Gasteiger partial charge in [0, 0.05) is 31.2 Å². The molecule has 0 saturated carbocycles. The summed E-state index contributed by atoms with van der Waals surface area (Å²) in [5, 5.41) is 6.93. The Balaban J connectivity index is 1.85. The molecule has 1 aromatic carbocycles. The average molecular weight is 274 g/mol. The van der Waals surface area contributed by atoms with E-state index in [-0.39, 0.29) is 5.91 Å². The average Bonchev–Trinajstić information content (AvgIpc) is 2.97. The Labute approximate surface area is 117 Å². The second-order valence-corrected chi connectivity index (χ2v) is 4.33. The van der Waals surface area contributed by atoms with Crippen LogP contribution in [0.25, 0.3) is 0 Å². The smallest absolute Gasteiger partial charge is 0.253 e. The lowest BCUT2D eigenvalue weighted by Crippen LogP contribution is -2.26. The van der Waals surface area contributed by atoms with E-state index < -0.39 is 0 Å². The number of rotatable bonds is 6. The van der Waals surface area contributed by atoms with Crippen molar-refractivity contribution >= 4 is 11.6 Å². The first-order valence-corrected chi connectivity index (χ1v) is 6.40. The number of nitrogens with zero attached hydrogens (tertiary/aromatic N) is 2. The third-order valence-corrected chi connectivity index (χ3v) is 2.91. The van der Waals surface area contributed by atoms with E-state index in [1.54, 1.807) is 31.5 Å². The molecule has 0 radical (unpaired) electrons. The maximum absolute atomic E-state index is 12.0. The van der Waals surface area contributed by atoms with Crippen LogP contribution >= 0.6 is 0 Å². The summed E-state index contributed by atoms with van der Waals surface area (Å²) in [5.74, 6) is 0.419. The summed E-state index contributed by atoms with van der Waals surface area (Å²) in [5.41, 5.74) is 6.67. The normalized spacial score (nSPS) is 10.2. The molecule has 0 aliphatic rings. The van der Waals surface area contributed by atoms with E-state index >= 15 is 0 Å². The van der Waals surface area contributed by atoms with Gasteiger partial charge in [0.1, 0.15) is 5.75 Å². The quantitative estimate of drug-likeness (QED) is 0.614. The maximum Gasteiger partial charge on any atom is 0.253 e. The van der Waals surface area contributed by atoms with Crippen molar-refractivity contribution in [3.05, 3.63) is 42.2 Å². The summed E-state index contributed by atoms with van der Waals surface area (Å²) < 4.78 is 6.91. The number of aryl methyl sites for hydroxylation is 1. The van der Waals surface area contributed by atoms with Crippen LogP contribution in [0.3, 0.4) is 0 Å². The van der Waals surface area contributed by atoms with E-state index in [1.165, 1.54) is 0 Å². The summed E-state index contributed by atoms with van der Waals surface area (Å²) in [6, 6.07) is 6.90. The van der Waals surface area contributed by atoms with Crippen LogP contribution < -0.4 is 15.8 Å². The largest absolute Gasteiger partial charge is 0.497 e. The van der Waals surface area contributed by atoms with Gasteiger partial charge >= 0.3 is 0 Å². The number of ether oxygens (including phenoxy) is 1. The molecule has 0 unspecified atom stereocenters. The highest BCUT2D eigenvalue weighted by Gasteiger charge is 2.10. The molecule has 6 heteroatoms. The molecule has 3 N–H and O–H groups in total. The molecule has 6 nitrogen and oxygen atoms in total. The van der Waals surface area contributed by atoms with Crippen LogP contribution in [0, 0.1) is 0 Å². The zero-order chi connectivity index (χ0) is 14.4. The van der Waals surface area contributed by atoms with Crippen molar-refractivity contribution in [2.45, 2.75) is 13.0 Å². The first-order chi connectivity index (χ1) is 9.70. The van der Waals surface area contributed by atoms with Crippen molar-refractivity contribution < 1.29 is 9.53 Å². The van der Waals surface area contributed by atoms with Crippen LogP contribution in [0.4, 0.5) is 5.69 Å². The van der Waals surface area contributed by atoms with E-state index in [4.69, 9.17) is 10.5 Å². The zero-order valence-corrected chi connectivity index (χ0v) is 11.4. The number of nitrogen functional groups attached to an aromatic ring is 1. The zero-order valence-electron chi connectivity index (χ0n) is 11.4. The molecule has 0 atom stereocenters. The fourth-order valence-corrected chi connectivity index (χ4v) is 1.83. The number of anilines is 1. The number of amides is 1. The van der Waals surface area contributed by atoms with Crippen LogP contribution in [-0.2, 0) is 6.54 Å². The predicted molar refractivity (Wildman–Crippen MR) is 76.6 cm³/mol. The van der Waals surface area contributed by atoms with Crippen molar-refractivity contribution in [1.29, 1.82) is 0 Å². The molecule has 0 bridgehead atoms. The first kappa shape index (κ1) is 13.9. The molecule has 0 spiro atoms. The third-order valence-electron chi connectivity index (χ3n) is 2.91. The number of hydrogen-bond acceptors (Lipinski definition) is 4. The number of nitrogens with one attached hydrogen (secondary N) is 1. The second-order valence-electron chi connectivity index (χ2n) is 4.33. The minimum atomic E-state index is -0.193. The van der Waals surface area contributed by atoms with Gasteiger partial charge in [-0.2, -0.15) is 5.10 Å². The van der Waals surface area contributed by atoms with Crippen LogP contribution in [0.1, 0.15) is 16.8 Å². The van der Waals surface area contributed by atoms with Gasteiger partial charge in [0.15, 0.2) is 0 Å². The molecule has 0 aliphatic heterocycles. The van der Waals surface area contributed by atoms with E-state index in [9.17, 15) is 4.79 Å². The molecule has 1 heterocycles. The van der Waals surface area contributed by atoms with Gasteiger partial charge in [-0.25, -0.2) is 0 Å². The Hall–Kier alpha value is -2.50. The number of nitrogens with two attached hydrogens (primary N) is 1. The number of methoxy groups -OCH3 is 1. The highest BCUT2D eigenvalue weighted by molar-refractivity contribution is 5.99. The van der Waals surface area contributed by atoms with Crippen LogP contribution in [0.15, 0.2) is 36.7 Å². The predicted octanol–water partition coefficient (Wildman–Crippen LogP) is 1.29. The van der Waals surface area contributed by atoms with Gasteiger partial charge < -0.3 is 15.8 Å². The fraction of sp³-hybridized carbons (Fsp3) is 0.286. The summed E-state index contributed by atoms with van der Waals surface area (Å²) in [6.45, 7) is 1.33. The maximum atomic E-state index is 12.0. The third kappa shape index (κ3) is 3.50. The van der Waals surface area contributed by atoms with Crippen LogP contribution in [-0.4, -0.2) is 29.3 Å². The Morgan fingerprint density at radius 2 is 2.35 bits per heavy atom. The molecular weight excluding hydrogens is 256 g/mol. The molecule has 0 saturated heterocycles. The highest BCUT2D eigenvalue weighted by atomic mass is 16.5. The van der Waals surface area contributed by atoms with Gasteiger partial charge in [0.2, 0.25) is 0 Å². The van der Waals surface area contributed by atoms with Gasteiger partial charge in [0.05, 0.1) is 12.7 Å². The Bertz CT molecular complexity index is 567.